The Bertz CT molecular complexity index is 1180. The molecule has 1 saturated heterocycles. The summed E-state index contributed by atoms with van der Waals surface area (Å²) in [6, 6.07) is 18.3. The fourth-order valence-electron chi connectivity index (χ4n) is 3.93. The van der Waals surface area contributed by atoms with Crippen molar-refractivity contribution < 1.29 is 0 Å². The number of aromatic nitrogens is 3. The van der Waals surface area contributed by atoms with Gasteiger partial charge >= 0.3 is 0 Å². The Morgan fingerprint density at radius 2 is 1.61 bits per heavy atom. The van der Waals surface area contributed by atoms with Gasteiger partial charge in [-0.05, 0) is 42.3 Å². The van der Waals surface area contributed by atoms with E-state index in [-0.39, 0.29) is 0 Å². The Morgan fingerprint density at radius 1 is 0.848 bits per heavy atom. The van der Waals surface area contributed by atoms with Crippen molar-refractivity contribution in [3.8, 4) is 0 Å². The predicted octanol–water partition coefficient (Wildman–Crippen LogP) is 4.14. The lowest BCUT2D eigenvalue weighted by molar-refractivity contribution is 0.641. The molecule has 0 radical (unpaired) electrons. The van der Waals surface area contributed by atoms with Gasteiger partial charge in [-0.15, -0.1) is 0 Å². The van der Waals surface area contributed by atoms with E-state index in [1.54, 1.807) is 0 Å². The van der Waals surface area contributed by atoms with E-state index < -0.39 is 0 Å². The number of pyridine rings is 1. The zero-order chi connectivity index (χ0) is 22.5. The van der Waals surface area contributed by atoms with Gasteiger partial charge in [0.1, 0.15) is 23.3 Å². The van der Waals surface area contributed by atoms with Crippen molar-refractivity contribution in [2.75, 3.05) is 47.8 Å². The van der Waals surface area contributed by atoms with Crippen molar-refractivity contribution in [3.63, 3.8) is 0 Å². The zero-order valence-electron chi connectivity index (χ0n) is 18.7. The first-order valence-electron chi connectivity index (χ1n) is 11.2. The molecule has 0 unspecified atom stereocenters. The Labute approximate surface area is 194 Å². The largest absolute Gasteiger partial charge is 0.353 e. The first-order chi connectivity index (χ1) is 16.2. The van der Waals surface area contributed by atoms with Gasteiger partial charge in [0.05, 0.1) is 6.54 Å². The Balaban J connectivity index is 1.37. The maximum absolute atomic E-state index is 4.86. The number of nitrogens with zero attached hydrogens (tertiary/aromatic N) is 6. The fourth-order valence-corrected chi connectivity index (χ4v) is 3.93. The van der Waals surface area contributed by atoms with Crippen molar-refractivity contribution in [2.24, 2.45) is 4.99 Å². The van der Waals surface area contributed by atoms with Crippen molar-refractivity contribution >= 4 is 35.4 Å². The minimum atomic E-state index is 0.672. The third-order valence-electron chi connectivity index (χ3n) is 5.67. The minimum Gasteiger partial charge on any atom is -0.353 e. The molecule has 1 N–H and O–H groups in total. The normalized spacial score (nSPS) is 16.2. The van der Waals surface area contributed by atoms with Crippen LogP contribution in [-0.4, -0.2) is 53.5 Å². The number of hydrogen-bond acceptors (Lipinski definition) is 7. The van der Waals surface area contributed by atoms with Gasteiger partial charge in [0.25, 0.3) is 0 Å². The van der Waals surface area contributed by atoms with Crippen LogP contribution in [0.25, 0.3) is 12.2 Å². The van der Waals surface area contributed by atoms with E-state index in [2.05, 4.69) is 56.3 Å². The summed E-state index contributed by atoms with van der Waals surface area (Å²) in [4.78, 5) is 23.2. The highest BCUT2D eigenvalue weighted by Gasteiger charge is 2.20. The number of anilines is 3. The summed E-state index contributed by atoms with van der Waals surface area (Å²) in [5.74, 6) is 4.21. The molecule has 2 aliphatic rings. The Kier molecular flexibility index (Phi) is 6.10. The standard InChI is InChI=1S/C26H27N7/c1-20-17-23(28-19-20)30-24-18-26(31-22(29-24)11-10-21-7-3-2-4-8-21)33-15-13-32(14-16-33)25-9-5-6-12-27-25/h2-12,17-18H,13-16,19H2,1H3,(H,28,29,30,31)/b11-10+. The van der Waals surface area contributed by atoms with Gasteiger partial charge < -0.3 is 15.1 Å². The summed E-state index contributed by atoms with van der Waals surface area (Å²) in [6.45, 7) is 6.35. The highest BCUT2D eigenvalue weighted by Crippen LogP contribution is 2.21. The quantitative estimate of drug-likeness (QED) is 0.647. The highest BCUT2D eigenvalue weighted by molar-refractivity contribution is 6.05. The second-order valence-electron chi connectivity index (χ2n) is 8.19. The van der Waals surface area contributed by atoms with Crippen molar-refractivity contribution in [1.82, 2.24) is 15.0 Å². The summed E-state index contributed by atoms with van der Waals surface area (Å²) in [6.07, 6.45) is 7.91. The maximum atomic E-state index is 4.86. The summed E-state index contributed by atoms with van der Waals surface area (Å²) in [5.41, 5.74) is 2.35. The van der Waals surface area contributed by atoms with E-state index in [9.17, 15) is 0 Å². The molecule has 4 heterocycles. The molecule has 5 rings (SSSR count). The molecule has 3 aromatic rings. The predicted molar refractivity (Wildman–Crippen MR) is 136 cm³/mol. The number of hydrogen-bond donors (Lipinski definition) is 1. The number of rotatable bonds is 5. The third-order valence-corrected chi connectivity index (χ3v) is 5.67. The number of aliphatic imine (C=N–C) groups is 1. The van der Waals surface area contributed by atoms with Crippen LogP contribution in [0.2, 0.25) is 0 Å². The molecular weight excluding hydrogens is 410 g/mol. The Hall–Kier alpha value is -4.00. The molecular formula is C26H27N7. The summed E-state index contributed by atoms with van der Waals surface area (Å²) in [7, 11) is 0. The monoisotopic (exact) mass is 437 g/mol. The average Bonchev–Trinajstić information content (AvgIpc) is 3.28. The number of amidine groups is 1. The summed E-state index contributed by atoms with van der Waals surface area (Å²) >= 11 is 0. The van der Waals surface area contributed by atoms with Crippen LogP contribution in [0.3, 0.4) is 0 Å². The van der Waals surface area contributed by atoms with Crippen LogP contribution in [0.1, 0.15) is 18.3 Å². The van der Waals surface area contributed by atoms with Gasteiger partial charge in [0.15, 0.2) is 5.82 Å². The van der Waals surface area contributed by atoms with Crippen LogP contribution in [0.5, 0.6) is 0 Å². The molecule has 2 aliphatic heterocycles. The third kappa shape index (κ3) is 5.26. The van der Waals surface area contributed by atoms with Gasteiger partial charge in [0.2, 0.25) is 0 Å². The molecule has 0 saturated carbocycles. The lowest BCUT2D eigenvalue weighted by Gasteiger charge is -2.36. The maximum Gasteiger partial charge on any atom is 0.156 e. The van der Waals surface area contributed by atoms with Gasteiger partial charge in [-0.2, -0.15) is 0 Å². The van der Waals surface area contributed by atoms with Gasteiger partial charge in [0, 0.05) is 38.4 Å². The molecule has 0 aliphatic carbocycles. The van der Waals surface area contributed by atoms with E-state index in [0.29, 0.717) is 5.82 Å². The SMILES string of the molecule is CC1=CC(Nc2cc(N3CCN(c4ccccn4)CC3)nc(/C=C/c3ccccc3)n2)=NC1. The van der Waals surface area contributed by atoms with E-state index >= 15 is 0 Å². The van der Waals surface area contributed by atoms with Crippen LogP contribution < -0.4 is 15.1 Å². The molecule has 0 spiro atoms. The number of benzene rings is 1. The first-order valence-corrected chi connectivity index (χ1v) is 11.2. The first kappa shape index (κ1) is 20.9. The van der Waals surface area contributed by atoms with Crippen LogP contribution in [0.4, 0.5) is 17.5 Å². The molecule has 7 nitrogen and oxygen atoms in total. The topological polar surface area (TPSA) is 69.5 Å². The molecule has 166 valence electrons. The zero-order valence-corrected chi connectivity index (χ0v) is 18.7. The summed E-state index contributed by atoms with van der Waals surface area (Å²) < 4.78 is 0. The summed E-state index contributed by atoms with van der Waals surface area (Å²) in [5, 5.41) is 3.37. The smallest absolute Gasteiger partial charge is 0.156 e. The number of piperazine rings is 1. The van der Waals surface area contributed by atoms with Gasteiger partial charge in [-0.25, -0.2) is 15.0 Å². The molecule has 1 aromatic carbocycles. The minimum absolute atomic E-state index is 0.672. The van der Waals surface area contributed by atoms with Crippen LogP contribution in [-0.2, 0) is 0 Å². The van der Waals surface area contributed by atoms with Crippen LogP contribution in [0.15, 0.2) is 77.4 Å². The van der Waals surface area contributed by atoms with Gasteiger partial charge in [-0.3, -0.25) is 4.99 Å². The lowest BCUT2D eigenvalue weighted by Crippen LogP contribution is -2.47. The van der Waals surface area contributed by atoms with Crippen LogP contribution >= 0.6 is 0 Å². The molecule has 2 aromatic heterocycles. The fraction of sp³-hybridized carbons (Fsp3) is 0.231. The molecule has 0 atom stereocenters. The number of nitrogens with one attached hydrogen (secondary N) is 1. The molecule has 0 bridgehead atoms. The molecule has 1 fully saturated rings. The van der Waals surface area contributed by atoms with E-state index in [1.165, 1.54) is 5.57 Å². The average molecular weight is 438 g/mol. The molecule has 7 heteroatoms. The Morgan fingerprint density at radius 3 is 2.30 bits per heavy atom. The van der Waals surface area contributed by atoms with E-state index in [4.69, 9.17) is 9.97 Å². The van der Waals surface area contributed by atoms with E-state index in [1.807, 2.05) is 54.7 Å². The van der Waals surface area contributed by atoms with E-state index in [0.717, 1.165) is 61.6 Å². The lowest BCUT2D eigenvalue weighted by atomic mass is 10.2. The molecule has 33 heavy (non-hydrogen) atoms. The second kappa shape index (κ2) is 9.65. The highest BCUT2D eigenvalue weighted by atomic mass is 15.3. The van der Waals surface area contributed by atoms with Crippen molar-refractivity contribution in [1.29, 1.82) is 0 Å². The van der Waals surface area contributed by atoms with Crippen LogP contribution in [0, 0.1) is 0 Å². The molecule has 0 amide bonds. The second-order valence-corrected chi connectivity index (χ2v) is 8.19. The van der Waals surface area contributed by atoms with Crippen molar-refractivity contribution in [2.45, 2.75) is 6.92 Å². The van der Waals surface area contributed by atoms with Crippen molar-refractivity contribution in [3.05, 3.63) is 83.8 Å². The van der Waals surface area contributed by atoms with Gasteiger partial charge in [-0.1, -0.05) is 42.5 Å².